The van der Waals surface area contributed by atoms with Crippen LogP contribution in [0, 0.1) is 17.1 Å². The summed E-state index contributed by atoms with van der Waals surface area (Å²) in [7, 11) is 0. The van der Waals surface area contributed by atoms with Gasteiger partial charge in [-0.05, 0) is 24.3 Å². The Morgan fingerprint density at radius 2 is 2.06 bits per heavy atom. The molecule has 1 aromatic heterocycles. The largest absolute Gasteiger partial charge is 0.399 e. The molecular formula is C12H7ClFN3. The molecule has 0 amide bonds. The predicted molar refractivity (Wildman–Crippen MR) is 63.8 cm³/mol. The number of benzene rings is 1. The molecule has 2 rings (SSSR count). The topological polar surface area (TPSA) is 62.7 Å². The second kappa shape index (κ2) is 4.40. The van der Waals surface area contributed by atoms with Crippen LogP contribution in [0.2, 0.25) is 5.02 Å². The highest BCUT2D eigenvalue weighted by molar-refractivity contribution is 6.34. The van der Waals surface area contributed by atoms with Gasteiger partial charge in [0.05, 0.1) is 5.02 Å². The molecule has 1 aromatic carbocycles. The first-order chi connectivity index (χ1) is 8.13. The Morgan fingerprint density at radius 1 is 1.29 bits per heavy atom. The highest BCUT2D eigenvalue weighted by Gasteiger charge is 2.12. The average molecular weight is 248 g/mol. The molecule has 0 saturated heterocycles. The minimum Gasteiger partial charge on any atom is -0.399 e. The number of hydrogen-bond donors (Lipinski definition) is 1. The molecule has 0 saturated carbocycles. The second-order valence-electron chi connectivity index (χ2n) is 3.37. The van der Waals surface area contributed by atoms with E-state index in [4.69, 9.17) is 22.6 Å². The number of hydrogen-bond acceptors (Lipinski definition) is 3. The summed E-state index contributed by atoms with van der Waals surface area (Å²) in [6, 6.07) is 7.70. The summed E-state index contributed by atoms with van der Waals surface area (Å²) in [5, 5.41) is 8.93. The molecule has 1 heterocycles. The lowest BCUT2D eigenvalue weighted by atomic mass is 10.0. The Morgan fingerprint density at radius 3 is 2.71 bits per heavy atom. The van der Waals surface area contributed by atoms with Gasteiger partial charge in [0.25, 0.3) is 0 Å². The molecule has 0 unspecified atom stereocenters. The van der Waals surface area contributed by atoms with E-state index in [0.29, 0.717) is 16.8 Å². The highest BCUT2D eigenvalue weighted by Crippen LogP contribution is 2.31. The Labute approximate surface area is 102 Å². The van der Waals surface area contributed by atoms with Crippen LogP contribution in [0.4, 0.5) is 10.1 Å². The van der Waals surface area contributed by atoms with Crippen molar-refractivity contribution in [3.63, 3.8) is 0 Å². The van der Waals surface area contributed by atoms with Crippen molar-refractivity contribution in [3.8, 4) is 17.2 Å². The summed E-state index contributed by atoms with van der Waals surface area (Å²) >= 11 is 5.97. The predicted octanol–water partition coefficient (Wildman–Crippen LogP) is 2.99. The maximum Gasteiger partial charge on any atom is 0.159 e. The van der Waals surface area contributed by atoms with Crippen molar-refractivity contribution in [2.75, 3.05) is 5.73 Å². The van der Waals surface area contributed by atoms with Crippen LogP contribution in [0.5, 0.6) is 0 Å². The smallest absolute Gasteiger partial charge is 0.159 e. The number of anilines is 1. The van der Waals surface area contributed by atoms with Crippen molar-refractivity contribution in [2.45, 2.75) is 0 Å². The first-order valence-corrected chi connectivity index (χ1v) is 5.11. The van der Waals surface area contributed by atoms with Gasteiger partial charge in [-0.3, -0.25) is 0 Å². The van der Waals surface area contributed by atoms with Crippen molar-refractivity contribution in [3.05, 3.63) is 47.0 Å². The zero-order valence-corrected chi connectivity index (χ0v) is 9.37. The molecule has 0 fully saturated rings. The van der Waals surface area contributed by atoms with E-state index in [0.717, 1.165) is 0 Å². The van der Waals surface area contributed by atoms with Crippen molar-refractivity contribution in [1.29, 1.82) is 5.26 Å². The van der Waals surface area contributed by atoms with Gasteiger partial charge in [0.2, 0.25) is 0 Å². The van der Waals surface area contributed by atoms with Crippen molar-refractivity contribution < 1.29 is 4.39 Å². The van der Waals surface area contributed by atoms with Gasteiger partial charge in [0, 0.05) is 23.0 Å². The van der Waals surface area contributed by atoms with E-state index in [2.05, 4.69) is 4.98 Å². The quantitative estimate of drug-likeness (QED) is 0.788. The maximum absolute atomic E-state index is 13.7. The van der Waals surface area contributed by atoms with Crippen LogP contribution in [0.15, 0.2) is 30.5 Å². The third kappa shape index (κ3) is 2.05. The normalized spacial score (nSPS) is 9.94. The zero-order valence-electron chi connectivity index (χ0n) is 8.61. The maximum atomic E-state index is 13.7. The van der Waals surface area contributed by atoms with Gasteiger partial charge in [-0.2, -0.15) is 5.26 Å². The fourth-order valence-electron chi connectivity index (χ4n) is 1.48. The van der Waals surface area contributed by atoms with Crippen LogP contribution in [0.3, 0.4) is 0 Å². The SMILES string of the molecule is N#Cc1nccc(-c2ccc(N)cc2F)c1Cl. The Hall–Kier alpha value is -2.12. The molecule has 2 N–H and O–H groups in total. The number of nitrogen functional groups attached to an aromatic ring is 1. The van der Waals surface area contributed by atoms with Gasteiger partial charge in [-0.1, -0.05) is 11.6 Å². The molecule has 0 atom stereocenters. The third-order valence-corrected chi connectivity index (χ3v) is 2.66. The Kier molecular flexibility index (Phi) is 2.94. The van der Waals surface area contributed by atoms with E-state index in [9.17, 15) is 4.39 Å². The monoisotopic (exact) mass is 247 g/mol. The molecule has 0 aliphatic carbocycles. The van der Waals surface area contributed by atoms with Crippen molar-refractivity contribution in [2.24, 2.45) is 0 Å². The number of pyridine rings is 1. The van der Waals surface area contributed by atoms with Crippen LogP contribution in [-0.4, -0.2) is 4.98 Å². The summed E-state index contributed by atoms with van der Waals surface area (Å²) in [6.45, 7) is 0. The fourth-order valence-corrected chi connectivity index (χ4v) is 1.74. The van der Waals surface area contributed by atoms with Crippen LogP contribution in [-0.2, 0) is 0 Å². The molecule has 2 aromatic rings. The third-order valence-electron chi connectivity index (χ3n) is 2.28. The van der Waals surface area contributed by atoms with Crippen LogP contribution in [0.25, 0.3) is 11.1 Å². The molecule has 84 valence electrons. The highest BCUT2D eigenvalue weighted by atomic mass is 35.5. The lowest BCUT2D eigenvalue weighted by Gasteiger charge is -2.07. The number of aromatic nitrogens is 1. The van der Waals surface area contributed by atoms with Crippen molar-refractivity contribution >= 4 is 17.3 Å². The number of halogens is 2. The number of nitriles is 1. The van der Waals surface area contributed by atoms with Gasteiger partial charge >= 0.3 is 0 Å². The molecule has 0 bridgehead atoms. The van der Waals surface area contributed by atoms with Gasteiger partial charge in [0.1, 0.15) is 11.9 Å². The first-order valence-electron chi connectivity index (χ1n) is 4.73. The van der Waals surface area contributed by atoms with E-state index < -0.39 is 5.82 Å². The molecule has 5 heteroatoms. The minimum absolute atomic E-state index is 0.0698. The van der Waals surface area contributed by atoms with Gasteiger partial charge in [-0.25, -0.2) is 9.37 Å². The van der Waals surface area contributed by atoms with Crippen molar-refractivity contribution in [1.82, 2.24) is 4.98 Å². The second-order valence-corrected chi connectivity index (χ2v) is 3.75. The molecular weight excluding hydrogens is 241 g/mol. The lowest BCUT2D eigenvalue weighted by Crippen LogP contribution is -1.92. The lowest BCUT2D eigenvalue weighted by molar-refractivity contribution is 0.632. The number of nitrogens with zero attached hydrogens (tertiary/aromatic N) is 2. The minimum atomic E-state index is -0.484. The van der Waals surface area contributed by atoms with Gasteiger partial charge < -0.3 is 5.73 Å². The summed E-state index contributed by atoms with van der Waals surface area (Å²) in [5.74, 6) is -0.484. The molecule has 0 radical (unpaired) electrons. The zero-order chi connectivity index (χ0) is 12.4. The molecule has 3 nitrogen and oxygen atoms in total. The molecule has 17 heavy (non-hydrogen) atoms. The van der Waals surface area contributed by atoms with Gasteiger partial charge in [-0.15, -0.1) is 0 Å². The number of rotatable bonds is 1. The van der Waals surface area contributed by atoms with E-state index in [1.54, 1.807) is 12.1 Å². The average Bonchev–Trinajstić information content (AvgIpc) is 2.30. The van der Waals surface area contributed by atoms with Crippen LogP contribution < -0.4 is 5.73 Å². The summed E-state index contributed by atoms with van der Waals surface area (Å²) < 4.78 is 13.7. The van der Waals surface area contributed by atoms with E-state index in [-0.39, 0.29) is 10.7 Å². The number of nitrogens with two attached hydrogens (primary N) is 1. The first kappa shape index (κ1) is 11.4. The standard InChI is InChI=1S/C12H7ClFN3/c13-12-9(3-4-17-11(12)6-15)8-2-1-7(16)5-10(8)14/h1-5H,16H2. The van der Waals surface area contributed by atoms with Gasteiger partial charge in [0.15, 0.2) is 5.69 Å². The fraction of sp³-hybridized carbons (Fsp3) is 0. The van der Waals surface area contributed by atoms with E-state index >= 15 is 0 Å². The summed E-state index contributed by atoms with van der Waals surface area (Å²) in [6.07, 6.45) is 1.41. The molecule has 0 aliphatic rings. The van der Waals surface area contributed by atoms with Crippen LogP contribution in [0.1, 0.15) is 5.69 Å². The summed E-state index contributed by atoms with van der Waals surface area (Å²) in [5.41, 5.74) is 6.58. The molecule has 0 aliphatic heterocycles. The van der Waals surface area contributed by atoms with E-state index in [1.807, 2.05) is 6.07 Å². The Bertz CT molecular complexity index is 620. The molecule has 0 spiro atoms. The van der Waals surface area contributed by atoms with E-state index in [1.165, 1.54) is 18.3 Å². The van der Waals surface area contributed by atoms with Crippen LogP contribution >= 0.6 is 11.6 Å². The Balaban J connectivity index is 2.66. The summed E-state index contributed by atoms with van der Waals surface area (Å²) in [4.78, 5) is 3.79.